The van der Waals surface area contributed by atoms with E-state index < -0.39 is 30.0 Å². The van der Waals surface area contributed by atoms with Crippen LogP contribution in [0.3, 0.4) is 0 Å². The van der Waals surface area contributed by atoms with Crippen LogP contribution >= 0.6 is 11.8 Å². The molecule has 2 aliphatic rings. The topological polar surface area (TPSA) is 57.2 Å². The zero-order valence-corrected chi connectivity index (χ0v) is 19.3. The molecule has 0 saturated carbocycles. The molecule has 0 aliphatic carbocycles. The highest BCUT2D eigenvalue weighted by atomic mass is 32.2. The molecule has 3 aromatic carbocycles. The number of rotatable bonds is 6. The summed E-state index contributed by atoms with van der Waals surface area (Å²) in [5.74, 6) is 0. The molecule has 2 saturated heterocycles. The summed E-state index contributed by atoms with van der Waals surface area (Å²) in [7, 11) is 0. The summed E-state index contributed by atoms with van der Waals surface area (Å²) in [6.45, 7) is 2.80. The number of ether oxygens (including phenoxy) is 4. The molecule has 1 N–H and O–H groups in total. The van der Waals surface area contributed by atoms with E-state index in [4.69, 9.17) is 18.9 Å². The molecule has 0 radical (unpaired) electrons. The third-order valence-corrected chi connectivity index (χ3v) is 7.10. The van der Waals surface area contributed by atoms with Crippen molar-refractivity contribution in [3.8, 4) is 0 Å². The van der Waals surface area contributed by atoms with Crippen LogP contribution in [-0.4, -0.2) is 41.6 Å². The average molecular weight is 465 g/mol. The highest BCUT2D eigenvalue weighted by Crippen LogP contribution is 2.40. The minimum Gasteiger partial charge on any atom is -0.387 e. The molecule has 2 fully saturated rings. The number of fused-ring (bicyclic) bond motifs is 1. The normalized spacial score (nSPS) is 29.4. The summed E-state index contributed by atoms with van der Waals surface area (Å²) in [5, 5.41) is 11.3. The maximum absolute atomic E-state index is 11.3. The number of aryl methyl sites for hydroxylation is 1. The van der Waals surface area contributed by atoms with Gasteiger partial charge in [-0.15, -0.1) is 0 Å². The zero-order chi connectivity index (χ0) is 22.6. The van der Waals surface area contributed by atoms with E-state index in [9.17, 15) is 5.11 Å². The van der Waals surface area contributed by atoms with Gasteiger partial charge in [0.1, 0.15) is 29.9 Å². The van der Waals surface area contributed by atoms with Gasteiger partial charge in [-0.25, -0.2) is 0 Å². The largest absolute Gasteiger partial charge is 0.387 e. The number of thioether (sulfide) groups is 1. The predicted molar refractivity (Wildman–Crippen MR) is 127 cm³/mol. The van der Waals surface area contributed by atoms with Crippen LogP contribution in [0, 0.1) is 6.92 Å². The maximum Gasteiger partial charge on any atom is 0.184 e. The van der Waals surface area contributed by atoms with Crippen molar-refractivity contribution in [3.05, 3.63) is 102 Å². The molecule has 0 aromatic heterocycles. The van der Waals surface area contributed by atoms with Crippen LogP contribution < -0.4 is 0 Å². The smallest absolute Gasteiger partial charge is 0.184 e. The molecule has 0 amide bonds. The number of hydrogen-bond donors (Lipinski definition) is 1. The Morgan fingerprint density at radius 1 is 0.909 bits per heavy atom. The summed E-state index contributed by atoms with van der Waals surface area (Å²) in [6, 6.07) is 28.0. The van der Waals surface area contributed by atoms with Gasteiger partial charge >= 0.3 is 0 Å². The van der Waals surface area contributed by atoms with Gasteiger partial charge in [-0.1, -0.05) is 90.1 Å². The summed E-state index contributed by atoms with van der Waals surface area (Å²) in [5.41, 5.74) is 2.68. The lowest BCUT2D eigenvalue weighted by Crippen LogP contribution is -2.61. The van der Waals surface area contributed by atoms with E-state index in [1.807, 2.05) is 72.8 Å². The van der Waals surface area contributed by atoms with Crippen molar-refractivity contribution in [1.82, 2.24) is 0 Å². The van der Waals surface area contributed by atoms with E-state index in [1.54, 1.807) is 0 Å². The molecule has 5 rings (SSSR count). The number of benzene rings is 3. The van der Waals surface area contributed by atoms with E-state index >= 15 is 0 Å². The van der Waals surface area contributed by atoms with Gasteiger partial charge in [0.2, 0.25) is 0 Å². The van der Waals surface area contributed by atoms with Crippen LogP contribution in [0.2, 0.25) is 0 Å². The van der Waals surface area contributed by atoms with E-state index in [-0.39, 0.29) is 6.10 Å². The summed E-state index contributed by atoms with van der Waals surface area (Å²) in [4.78, 5) is 1.03. The first kappa shape index (κ1) is 22.6. The van der Waals surface area contributed by atoms with Crippen LogP contribution in [0.1, 0.15) is 23.0 Å². The fourth-order valence-electron chi connectivity index (χ4n) is 4.15. The molecule has 6 heteroatoms. The van der Waals surface area contributed by atoms with Gasteiger partial charge in [0, 0.05) is 10.5 Å². The Hall–Kier alpha value is -2.19. The van der Waals surface area contributed by atoms with Crippen LogP contribution in [0.15, 0.2) is 89.8 Å². The second kappa shape index (κ2) is 10.4. The van der Waals surface area contributed by atoms with Crippen molar-refractivity contribution >= 4 is 11.8 Å². The quantitative estimate of drug-likeness (QED) is 0.562. The minimum atomic E-state index is -0.865. The fourth-order valence-corrected chi connectivity index (χ4v) is 5.20. The molecule has 6 atom stereocenters. The van der Waals surface area contributed by atoms with E-state index in [1.165, 1.54) is 17.3 Å². The Balaban J connectivity index is 1.36. The molecule has 2 heterocycles. The van der Waals surface area contributed by atoms with Crippen molar-refractivity contribution < 1.29 is 24.1 Å². The maximum atomic E-state index is 11.3. The SMILES string of the molecule is Cc1ccc(S[C@@H]2O[C@@H]3COC(c4ccccc4)O[C@@H]3[C@H](OCc3ccccc3)[C@H]2O)cc1. The van der Waals surface area contributed by atoms with Crippen LogP contribution in [0.25, 0.3) is 0 Å². The molecule has 0 bridgehead atoms. The molecular formula is C27H28O5S. The van der Waals surface area contributed by atoms with Gasteiger partial charge in [-0.3, -0.25) is 0 Å². The van der Waals surface area contributed by atoms with Gasteiger partial charge in [0.15, 0.2) is 6.29 Å². The Bertz CT molecular complexity index is 1010. The van der Waals surface area contributed by atoms with Crippen LogP contribution in [0.5, 0.6) is 0 Å². The highest BCUT2D eigenvalue weighted by molar-refractivity contribution is 7.99. The van der Waals surface area contributed by atoms with E-state index in [2.05, 4.69) is 19.1 Å². The van der Waals surface area contributed by atoms with Crippen LogP contribution in [0.4, 0.5) is 0 Å². The summed E-state index contributed by atoms with van der Waals surface area (Å²) in [6.07, 6.45) is -2.72. The second-order valence-corrected chi connectivity index (χ2v) is 9.57. The van der Waals surface area contributed by atoms with Crippen molar-refractivity contribution in [2.75, 3.05) is 6.61 Å². The molecule has 1 unspecified atom stereocenters. The molecule has 33 heavy (non-hydrogen) atoms. The highest BCUT2D eigenvalue weighted by Gasteiger charge is 2.50. The van der Waals surface area contributed by atoms with Crippen molar-refractivity contribution in [1.29, 1.82) is 0 Å². The standard InChI is InChI=1S/C27H28O5S/c1-18-12-14-21(15-13-18)33-27-23(28)25(29-16-19-8-4-2-5-9-19)24-22(31-27)17-30-26(32-24)20-10-6-3-7-11-20/h2-15,22-28H,16-17H2,1H3/t22-,23-,24+,25-,26?,27+/m1/s1. The van der Waals surface area contributed by atoms with Crippen molar-refractivity contribution in [3.63, 3.8) is 0 Å². The number of hydrogen-bond acceptors (Lipinski definition) is 6. The first-order chi connectivity index (χ1) is 16.2. The fraction of sp³-hybridized carbons (Fsp3) is 0.333. The number of aliphatic hydroxyl groups excluding tert-OH is 1. The van der Waals surface area contributed by atoms with Gasteiger partial charge in [0.25, 0.3) is 0 Å². The Labute approximate surface area is 198 Å². The van der Waals surface area contributed by atoms with Gasteiger partial charge in [0.05, 0.1) is 13.2 Å². The lowest BCUT2D eigenvalue weighted by atomic mass is 9.98. The summed E-state index contributed by atoms with van der Waals surface area (Å²) < 4.78 is 24.9. The van der Waals surface area contributed by atoms with E-state index in [0.717, 1.165) is 16.0 Å². The third kappa shape index (κ3) is 5.32. The first-order valence-electron chi connectivity index (χ1n) is 11.2. The van der Waals surface area contributed by atoms with Gasteiger partial charge < -0.3 is 24.1 Å². The first-order valence-corrected chi connectivity index (χ1v) is 12.1. The van der Waals surface area contributed by atoms with Crippen molar-refractivity contribution in [2.45, 2.75) is 54.6 Å². The van der Waals surface area contributed by atoms with Gasteiger partial charge in [-0.2, -0.15) is 0 Å². The predicted octanol–water partition coefficient (Wildman–Crippen LogP) is 4.87. The second-order valence-electron chi connectivity index (χ2n) is 8.40. The molecule has 5 nitrogen and oxygen atoms in total. The summed E-state index contributed by atoms with van der Waals surface area (Å²) >= 11 is 1.50. The molecule has 2 aliphatic heterocycles. The Kier molecular flexibility index (Phi) is 7.11. The van der Waals surface area contributed by atoms with Crippen molar-refractivity contribution in [2.24, 2.45) is 0 Å². The Morgan fingerprint density at radius 3 is 2.33 bits per heavy atom. The van der Waals surface area contributed by atoms with E-state index in [0.29, 0.717) is 13.2 Å². The molecular weight excluding hydrogens is 436 g/mol. The average Bonchev–Trinajstić information content (AvgIpc) is 2.86. The van der Waals surface area contributed by atoms with Gasteiger partial charge in [-0.05, 0) is 24.6 Å². The number of aliphatic hydroxyl groups is 1. The lowest BCUT2D eigenvalue weighted by Gasteiger charge is -2.47. The lowest BCUT2D eigenvalue weighted by molar-refractivity contribution is -0.325. The zero-order valence-electron chi connectivity index (χ0n) is 18.4. The van der Waals surface area contributed by atoms with Crippen LogP contribution in [-0.2, 0) is 25.6 Å². The minimum absolute atomic E-state index is 0.336. The third-order valence-electron chi connectivity index (χ3n) is 5.94. The Morgan fingerprint density at radius 2 is 1.61 bits per heavy atom. The molecule has 0 spiro atoms. The monoisotopic (exact) mass is 464 g/mol. The molecule has 172 valence electrons. The molecule has 3 aromatic rings.